The number of aryl methyl sites for hydroxylation is 2. The van der Waals surface area contributed by atoms with Crippen LogP contribution < -0.4 is 10.1 Å². The molecule has 0 aliphatic carbocycles. The molecule has 4 nitrogen and oxygen atoms in total. The standard InChI is InChI=1S/C14H17F2N3O/c1-9-11(10(2)19(3)18-9)8-17-12-6-4-5-7-13(12)20-14(15)16/h4-7,14,17H,8H2,1-3H3. The molecule has 2 rings (SSSR count). The van der Waals surface area contributed by atoms with E-state index in [9.17, 15) is 8.78 Å². The topological polar surface area (TPSA) is 39.1 Å². The van der Waals surface area contributed by atoms with Gasteiger partial charge in [0.15, 0.2) is 0 Å². The van der Waals surface area contributed by atoms with Crippen molar-refractivity contribution in [3.05, 3.63) is 41.2 Å². The van der Waals surface area contributed by atoms with Gasteiger partial charge in [-0.1, -0.05) is 12.1 Å². The molecule has 20 heavy (non-hydrogen) atoms. The Morgan fingerprint density at radius 3 is 2.60 bits per heavy atom. The van der Waals surface area contributed by atoms with Crippen LogP contribution in [0.1, 0.15) is 17.0 Å². The second kappa shape index (κ2) is 5.90. The van der Waals surface area contributed by atoms with Crippen LogP contribution in [0.5, 0.6) is 5.75 Å². The van der Waals surface area contributed by atoms with Gasteiger partial charge in [-0.25, -0.2) is 0 Å². The van der Waals surface area contributed by atoms with Gasteiger partial charge in [-0.2, -0.15) is 13.9 Å². The lowest BCUT2D eigenvalue weighted by Crippen LogP contribution is -2.07. The summed E-state index contributed by atoms with van der Waals surface area (Å²) in [7, 11) is 1.87. The molecule has 1 heterocycles. The number of hydrogen-bond donors (Lipinski definition) is 1. The molecule has 108 valence electrons. The van der Waals surface area contributed by atoms with E-state index in [1.54, 1.807) is 22.9 Å². The maximum Gasteiger partial charge on any atom is 0.387 e. The zero-order chi connectivity index (χ0) is 14.7. The minimum atomic E-state index is -2.83. The smallest absolute Gasteiger partial charge is 0.387 e. The number of hydrogen-bond acceptors (Lipinski definition) is 3. The monoisotopic (exact) mass is 281 g/mol. The summed E-state index contributed by atoms with van der Waals surface area (Å²) in [4.78, 5) is 0. The number of benzene rings is 1. The predicted molar refractivity (Wildman–Crippen MR) is 73.1 cm³/mol. The number of aromatic nitrogens is 2. The van der Waals surface area contributed by atoms with Crippen molar-refractivity contribution in [1.29, 1.82) is 0 Å². The molecule has 1 aromatic heterocycles. The molecule has 0 aliphatic heterocycles. The molecule has 0 radical (unpaired) electrons. The Morgan fingerprint density at radius 2 is 2.00 bits per heavy atom. The highest BCUT2D eigenvalue weighted by Gasteiger charge is 2.12. The van der Waals surface area contributed by atoms with Crippen LogP contribution in [-0.4, -0.2) is 16.4 Å². The van der Waals surface area contributed by atoms with Gasteiger partial charge in [0, 0.05) is 24.8 Å². The summed E-state index contributed by atoms with van der Waals surface area (Å²) in [5, 5.41) is 7.44. The quantitative estimate of drug-likeness (QED) is 0.914. The number of halogens is 2. The zero-order valence-electron chi connectivity index (χ0n) is 11.7. The zero-order valence-corrected chi connectivity index (χ0v) is 11.7. The summed E-state index contributed by atoms with van der Waals surface area (Å²) in [6, 6.07) is 6.64. The van der Waals surface area contributed by atoms with E-state index in [0.717, 1.165) is 17.0 Å². The maximum atomic E-state index is 12.3. The van der Waals surface area contributed by atoms with Crippen LogP contribution >= 0.6 is 0 Å². The fraction of sp³-hybridized carbons (Fsp3) is 0.357. The number of nitrogens with one attached hydrogen (secondary N) is 1. The van der Waals surface area contributed by atoms with E-state index in [1.165, 1.54) is 6.07 Å². The van der Waals surface area contributed by atoms with E-state index in [1.807, 2.05) is 20.9 Å². The fourth-order valence-electron chi connectivity index (χ4n) is 2.07. The molecule has 0 aliphatic rings. The highest BCUT2D eigenvalue weighted by molar-refractivity contribution is 5.56. The Kier molecular flexibility index (Phi) is 4.22. The van der Waals surface area contributed by atoms with Crippen molar-refractivity contribution < 1.29 is 13.5 Å². The molecular formula is C14H17F2N3O. The molecule has 0 bridgehead atoms. The molecule has 6 heteroatoms. The first kappa shape index (κ1) is 14.3. The van der Waals surface area contributed by atoms with E-state index < -0.39 is 6.61 Å². The Bertz CT molecular complexity index is 596. The molecule has 0 spiro atoms. The number of alkyl halides is 2. The van der Waals surface area contributed by atoms with Crippen molar-refractivity contribution in [2.45, 2.75) is 27.0 Å². The lowest BCUT2D eigenvalue weighted by atomic mass is 10.2. The summed E-state index contributed by atoms with van der Waals surface area (Å²) in [5.41, 5.74) is 3.56. The number of nitrogens with zero attached hydrogens (tertiary/aromatic N) is 2. The van der Waals surface area contributed by atoms with Gasteiger partial charge in [-0.15, -0.1) is 0 Å². The average molecular weight is 281 g/mol. The predicted octanol–water partition coefficient (Wildman–Crippen LogP) is 3.25. The Morgan fingerprint density at radius 1 is 1.30 bits per heavy atom. The van der Waals surface area contributed by atoms with E-state index in [2.05, 4.69) is 15.2 Å². The molecule has 2 aromatic rings. The lowest BCUT2D eigenvalue weighted by Gasteiger charge is -2.12. The molecule has 1 aromatic carbocycles. The van der Waals surface area contributed by atoms with E-state index >= 15 is 0 Å². The molecule has 0 saturated heterocycles. The molecule has 0 amide bonds. The number of ether oxygens (including phenoxy) is 1. The third-order valence-corrected chi connectivity index (χ3v) is 3.22. The normalized spacial score (nSPS) is 10.9. The molecule has 0 atom stereocenters. The van der Waals surface area contributed by atoms with Crippen LogP contribution in [0.4, 0.5) is 14.5 Å². The highest BCUT2D eigenvalue weighted by Crippen LogP contribution is 2.26. The molecule has 1 N–H and O–H groups in total. The van der Waals surface area contributed by atoms with Crippen molar-refractivity contribution in [2.24, 2.45) is 7.05 Å². The molecule has 0 unspecified atom stereocenters. The van der Waals surface area contributed by atoms with Crippen molar-refractivity contribution in [2.75, 3.05) is 5.32 Å². The number of anilines is 1. The Labute approximate surface area is 116 Å². The molecular weight excluding hydrogens is 264 g/mol. The fourth-order valence-corrected chi connectivity index (χ4v) is 2.07. The van der Waals surface area contributed by atoms with Crippen molar-refractivity contribution in [1.82, 2.24) is 9.78 Å². The van der Waals surface area contributed by atoms with Gasteiger partial charge < -0.3 is 10.1 Å². The third-order valence-electron chi connectivity index (χ3n) is 3.22. The second-order valence-corrected chi connectivity index (χ2v) is 4.50. The van der Waals surface area contributed by atoms with Gasteiger partial charge in [0.1, 0.15) is 5.75 Å². The molecule has 0 saturated carbocycles. The summed E-state index contributed by atoms with van der Waals surface area (Å²) in [5.74, 6) is 0.140. The van der Waals surface area contributed by atoms with Gasteiger partial charge in [0.05, 0.1) is 11.4 Å². The highest BCUT2D eigenvalue weighted by atomic mass is 19.3. The van der Waals surface area contributed by atoms with E-state index in [-0.39, 0.29) is 5.75 Å². The first-order valence-electron chi connectivity index (χ1n) is 6.26. The van der Waals surface area contributed by atoms with Crippen LogP contribution in [0.3, 0.4) is 0 Å². The third kappa shape index (κ3) is 3.07. The summed E-state index contributed by atoms with van der Waals surface area (Å²) in [6.45, 7) is 1.57. The first-order valence-corrected chi connectivity index (χ1v) is 6.26. The molecule has 0 fully saturated rings. The van der Waals surface area contributed by atoms with Gasteiger partial charge in [-0.05, 0) is 26.0 Å². The van der Waals surface area contributed by atoms with Crippen LogP contribution in [0.2, 0.25) is 0 Å². The minimum Gasteiger partial charge on any atom is -0.433 e. The van der Waals surface area contributed by atoms with Gasteiger partial charge in [-0.3, -0.25) is 4.68 Å². The van der Waals surface area contributed by atoms with Crippen molar-refractivity contribution in [3.63, 3.8) is 0 Å². The SMILES string of the molecule is Cc1nn(C)c(C)c1CNc1ccccc1OC(F)F. The first-order chi connectivity index (χ1) is 9.49. The van der Waals surface area contributed by atoms with Crippen LogP contribution in [0.15, 0.2) is 24.3 Å². The van der Waals surface area contributed by atoms with Gasteiger partial charge in [0.25, 0.3) is 0 Å². The van der Waals surface area contributed by atoms with Crippen LogP contribution in [0, 0.1) is 13.8 Å². The van der Waals surface area contributed by atoms with E-state index in [0.29, 0.717) is 12.2 Å². The van der Waals surface area contributed by atoms with Gasteiger partial charge in [0.2, 0.25) is 0 Å². The summed E-state index contributed by atoms with van der Waals surface area (Å²) in [6.07, 6.45) is 0. The average Bonchev–Trinajstić information content (AvgIpc) is 2.62. The maximum absolute atomic E-state index is 12.3. The van der Waals surface area contributed by atoms with E-state index in [4.69, 9.17) is 0 Å². The van der Waals surface area contributed by atoms with Gasteiger partial charge >= 0.3 is 6.61 Å². The lowest BCUT2D eigenvalue weighted by molar-refractivity contribution is -0.0493. The minimum absolute atomic E-state index is 0.140. The van der Waals surface area contributed by atoms with Crippen LogP contribution in [0.25, 0.3) is 0 Å². The Hall–Kier alpha value is -2.11. The number of para-hydroxylation sites is 2. The largest absolute Gasteiger partial charge is 0.433 e. The van der Waals surface area contributed by atoms with Crippen molar-refractivity contribution >= 4 is 5.69 Å². The summed E-state index contributed by atoms with van der Waals surface area (Å²) >= 11 is 0. The number of rotatable bonds is 5. The van der Waals surface area contributed by atoms with Crippen molar-refractivity contribution in [3.8, 4) is 5.75 Å². The summed E-state index contributed by atoms with van der Waals surface area (Å²) < 4.78 is 30.9. The second-order valence-electron chi connectivity index (χ2n) is 4.50. The Balaban J connectivity index is 2.15. The van der Waals surface area contributed by atoms with Crippen LogP contribution in [-0.2, 0) is 13.6 Å².